The second-order valence-corrected chi connectivity index (χ2v) is 8.55. The van der Waals surface area contributed by atoms with E-state index in [2.05, 4.69) is 15.8 Å². The number of anilines is 1. The van der Waals surface area contributed by atoms with Crippen LogP contribution in [-0.4, -0.2) is 22.1 Å². The van der Waals surface area contributed by atoms with E-state index < -0.39 is 15.9 Å². The second-order valence-electron chi connectivity index (χ2n) is 6.18. The van der Waals surface area contributed by atoms with Gasteiger partial charge in [-0.2, -0.15) is 5.10 Å². The van der Waals surface area contributed by atoms with Crippen molar-refractivity contribution < 1.29 is 9.53 Å². The van der Waals surface area contributed by atoms with Crippen molar-refractivity contribution in [2.75, 3.05) is 5.43 Å². The Kier molecular flexibility index (Phi) is 7.57. The predicted octanol–water partition coefficient (Wildman–Crippen LogP) is 5.64. The monoisotopic (exact) mass is 461 g/mol. The molecule has 0 bridgehead atoms. The van der Waals surface area contributed by atoms with Crippen LogP contribution in [0.15, 0.2) is 90.0 Å². The summed E-state index contributed by atoms with van der Waals surface area (Å²) in [6, 6.07) is 25.2. The van der Waals surface area contributed by atoms with Gasteiger partial charge >= 0.3 is 0 Å². The fraction of sp³-hybridized carbons (Fsp3) is 0.0909. The molecule has 0 aliphatic heterocycles. The number of hydrogen-bond donors (Lipinski definition) is 2. The number of hydrogen-bond acceptors (Lipinski definition) is 4. The van der Waals surface area contributed by atoms with Gasteiger partial charge in [0.1, 0.15) is 5.75 Å². The largest absolute Gasteiger partial charge is 0.466 e. The van der Waals surface area contributed by atoms with Crippen molar-refractivity contribution in [1.29, 1.82) is 0 Å². The molecule has 154 valence electrons. The number of benzene rings is 3. The van der Waals surface area contributed by atoms with Gasteiger partial charge in [0.2, 0.25) is 10.0 Å². The van der Waals surface area contributed by atoms with Crippen LogP contribution in [0.5, 0.6) is 5.75 Å². The molecule has 0 aromatic heterocycles. The number of hydrazone groups is 1. The Hall–Kier alpha value is -2.73. The summed E-state index contributed by atoms with van der Waals surface area (Å²) in [5.74, 6) is 0.00974. The number of alkyl halides is 3. The van der Waals surface area contributed by atoms with Crippen LogP contribution in [0.2, 0.25) is 0 Å². The summed E-state index contributed by atoms with van der Waals surface area (Å²) in [7, 11) is 0. The Morgan fingerprint density at radius 3 is 2.10 bits per heavy atom. The smallest absolute Gasteiger partial charge is 0.254 e. The summed E-state index contributed by atoms with van der Waals surface area (Å²) < 4.78 is 3.84. The molecule has 3 rings (SSSR count). The molecule has 0 saturated heterocycles. The molecule has 3 aromatic rings. The lowest BCUT2D eigenvalue weighted by atomic mass is 10.2. The minimum absolute atomic E-state index is 0.414. The number of halogens is 3. The molecular formula is C22H18Cl3N3O2. The molecule has 0 fully saturated rings. The van der Waals surface area contributed by atoms with Crippen molar-refractivity contribution in [2.24, 2.45) is 5.10 Å². The number of carbonyl (C=O) groups is 1. The lowest BCUT2D eigenvalue weighted by Gasteiger charge is -2.26. The SMILES string of the molecule is O=C(NC(Oc1ccc(C=NNc2ccccc2)cc1)C(Cl)(Cl)Cl)c1ccccc1. The van der Waals surface area contributed by atoms with Crippen LogP contribution in [0.4, 0.5) is 5.69 Å². The molecule has 0 heterocycles. The number of para-hydroxylation sites is 1. The molecule has 1 atom stereocenters. The van der Waals surface area contributed by atoms with Gasteiger partial charge in [-0.15, -0.1) is 0 Å². The predicted molar refractivity (Wildman–Crippen MR) is 123 cm³/mol. The quantitative estimate of drug-likeness (QED) is 0.207. The van der Waals surface area contributed by atoms with Gasteiger partial charge < -0.3 is 10.1 Å². The van der Waals surface area contributed by atoms with Crippen molar-refractivity contribution in [3.05, 3.63) is 96.1 Å². The van der Waals surface area contributed by atoms with E-state index in [-0.39, 0.29) is 0 Å². The first-order chi connectivity index (χ1) is 14.4. The summed E-state index contributed by atoms with van der Waals surface area (Å²) in [4.78, 5) is 12.4. The molecular weight excluding hydrogens is 445 g/mol. The van der Waals surface area contributed by atoms with E-state index in [0.29, 0.717) is 11.3 Å². The third-order valence-corrected chi connectivity index (χ3v) is 4.51. The molecule has 8 heteroatoms. The fourth-order valence-corrected chi connectivity index (χ4v) is 2.73. The Morgan fingerprint density at radius 1 is 0.900 bits per heavy atom. The number of carbonyl (C=O) groups excluding carboxylic acids is 1. The molecule has 0 spiro atoms. The number of ether oxygens (including phenoxy) is 1. The van der Waals surface area contributed by atoms with Gasteiger partial charge in [0.15, 0.2) is 0 Å². The van der Waals surface area contributed by atoms with E-state index in [1.54, 1.807) is 60.8 Å². The van der Waals surface area contributed by atoms with Crippen LogP contribution in [0, 0.1) is 0 Å². The van der Waals surface area contributed by atoms with Crippen LogP contribution in [0.25, 0.3) is 0 Å². The molecule has 0 aliphatic carbocycles. The van der Waals surface area contributed by atoms with E-state index in [1.165, 1.54) is 0 Å². The average molecular weight is 463 g/mol. The Labute approximate surface area is 189 Å². The van der Waals surface area contributed by atoms with Crippen molar-refractivity contribution in [2.45, 2.75) is 10.0 Å². The highest BCUT2D eigenvalue weighted by Crippen LogP contribution is 2.32. The Balaban J connectivity index is 1.63. The number of amides is 1. The lowest BCUT2D eigenvalue weighted by Crippen LogP contribution is -2.47. The minimum Gasteiger partial charge on any atom is -0.466 e. The van der Waals surface area contributed by atoms with E-state index in [1.807, 2.05) is 30.3 Å². The summed E-state index contributed by atoms with van der Waals surface area (Å²) in [5, 5.41) is 6.77. The van der Waals surface area contributed by atoms with Gasteiger partial charge in [-0.25, -0.2) is 0 Å². The summed E-state index contributed by atoms with van der Waals surface area (Å²) in [6.07, 6.45) is 0.481. The second kappa shape index (κ2) is 10.3. The standard InChI is InChI=1S/C22H18Cl3N3O2/c23-22(24,25)21(27-20(29)17-7-3-1-4-8-17)30-19-13-11-16(12-14-19)15-26-28-18-9-5-2-6-10-18/h1-15,21,28H,(H,27,29). The first-order valence-electron chi connectivity index (χ1n) is 8.95. The highest BCUT2D eigenvalue weighted by Gasteiger charge is 2.36. The molecule has 1 amide bonds. The minimum atomic E-state index is -1.87. The zero-order valence-electron chi connectivity index (χ0n) is 15.6. The van der Waals surface area contributed by atoms with E-state index in [0.717, 1.165) is 11.3 Å². The molecule has 0 radical (unpaired) electrons. The third kappa shape index (κ3) is 6.66. The van der Waals surface area contributed by atoms with Crippen molar-refractivity contribution >= 4 is 52.6 Å². The number of nitrogens with zero attached hydrogens (tertiary/aromatic N) is 1. The van der Waals surface area contributed by atoms with Gasteiger partial charge in [-0.1, -0.05) is 71.2 Å². The van der Waals surface area contributed by atoms with Crippen LogP contribution < -0.4 is 15.5 Å². The van der Waals surface area contributed by atoms with Crippen LogP contribution >= 0.6 is 34.8 Å². The lowest BCUT2D eigenvalue weighted by molar-refractivity contribution is 0.0833. The van der Waals surface area contributed by atoms with E-state index >= 15 is 0 Å². The summed E-state index contributed by atoms with van der Waals surface area (Å²) in [5.41, 5.74) is 5.08. The molecule has 1 unspecified atom stereocenters. The molecule has 0 saturated carbocycles. The topological polar surface area (TPSA) is 62.7 Å². The van der Waals surface area contributed by atoms with Crippen LogP contribution in [0.3, 0.4) is 0 Å². The molecule has 5 nitrogen and oxygen atoms in total. The first kappa shape index (κ1) is 22.0. The highest BCUT2D eigenvalue weighted by molar-refractivity contribution is 6.68. The van der Waals surface area contributed by atoms with E-state index in [4.69, 9.17) is 39.5 Å². The zero-order chi connectivity index (χ0) is 21.4. The van der Waals surface area contributed by atoms with E-state index in [9.17, 15) is 4.79 Å². The van der Waals surface area contributed by atoms with Gasteiger partial charge in [0.25, 0.3) is 5.91 Å². The average Bonchev–Trinajstić information content (AvgIpc) is 2.75. The maximum absolute atomic E-state index is 12.4. The molecule has 30 heavy (non-hydrogen) atoms. The van der Waals surface area contributed by atoms with Crippen LogP contribution in [0.1, 0.15) is 15.9 Å². The van der Waals surface area contributed by atoms with Gasteiger partial charge in [0, 0.05) is 5.56 Å². The third-order valence-electron chi connectivity index (χ3n) is 3.91. The Bertz CT molecular complexity index is 976. The molecule has 0 aliphatic rings. The zero-order valence-corrected chi connectivity index (χ0v) is 17.9. The van der Waals surface area contributed by atoms with Crippen molar-refractivity contribution in [3.8, 4) is 5.75 Å². The van der Waals surface area contributed by atoms with Gasteiger partial charge in [-0.05, 0) is 54.1 Å². The summed E-state index contributed by atoms with van der Waals surface area (Å²) in [6.45, 7) is 0. The van der Waals surface area contributed by atoms with Gasteiger partial charge in [0.05, 0.1) is 11.9 Å². The fourth-order valence-electron chi connectivity index (χ4n) is 2.43. The maximum atomic E-state index is 12.4. The van der Waals surface area contributed by atoms with Crippen LogP contribution in [-0.2, 0) is 0 Å². The normalized spacial score (nSPS) is 12.4. The molecule has 3 aromatic carbocycles. The van der Waals surface area contributed by atoms with Crippen molar-refractivity contribution in [3.63, 3.8) is 0 Å². The number of nitrogens with one attached hydrogen (secondary N) is 2. The number of rotatable bonds is 7. The first-order valence-corrected chi connectivity index (χ1v) is 10.1. The molecule has 2 N–H and O–H groups in total. The Morgan fingerprint density at radius 2 is 1.50 bits per heavy atom. The van der Waals surface area contributed by atoms with Gasteiger partial charge in [-0.3, -0.25) is 10.2 Å². The summed E-state index contributed by atoms with van der Waals surface area (Å²) >= 11 is 18.0. The maximum Gasteiger partial charge on any atom is 0.254 e. The highest BCUT2D eigenvalue weighted by atomic mass is 35.6. The van der Waals surface area contributed by atoms with Crippen molar-refractivity contribution in [1.82, 2.24) is 5.32 Å².